The lowest BCUT2D eigenvalue weighted by Crippen LogP contribution is -2.21. The molecule has 0 aliphatic rings. The third kappa shape index (κ3) is 5.54. The van der Waals surface area contributed by atoms with Crippen LogP contribution in [0.1, 0.15) is 6.42 Å². The van der Waals surface area contributed by atoms with Gasteiger partial charge in [-0.2, -0.15) is 0 Å². The maximum absolute atomic E-state index is 4.98. The minimum Gasteiger partial charge on any atom is -0.427 e. The Morgan fingerprint density at radius 3 is 3.12 bits per heavy atom. The molecule has 0 atom stereocenters. The summed E-state index contributed by atoms with van der Waals surface area (Å²) >= 11 is 0. The summed E-state index contributed by atoms with van der Waals surface area (Å²) in [6, 6.07) is 0. The summed E-state index contributed by atoms with van der Waals surface area (Å²) in [5.74, 6) is 2.51. The van der Waals surface area contributed by atoms with Gasteiger partial charge in [-0.3, -0.25) is 0 Å². The molecule has 2 nitrogen and oxygen atoms in total. The Labute approximate surface area is 50.9 Å². The lowest BCUT2D eigenvalue weighted by atomic mass is 10.2. The van der Waals surface area contributed by atoms with Crippen LogP contribution in [0.25, 0.3) is 0 Å². The Hall–Kier alpha value is -0.455. The summed E-state index contributed by atoms with van der Waals surface area (Å²) in [6.07, 6.45) is 5.75. The molecule has 0 radical (unpaired) electrons. The van der Waals surface area contributed by atoms with Gasteiger partial charge in [-0.25, -0.2) is 0 Å². The van der Waals surface area contributed by atoms with Crippen molar-refractivity contribution in [3.05, 3.63) is 0 Å². The molecule has 0 saturated heterocycles. The predicted octanol–water partition coefficient (Wildman–Crippen LogP) is -0.488. The van der Waals surface area contributed by atoms with Gasteiger partial charge in [0, 0.05) is 13.5 Å². The molecule has 0 rings (SSSR count). The number of terminal acetylenes is 1. The van der Waals surface area contributed by atoms with Crippen LogP contribution in [0, 0.1) is 12.3 Å². The van der Waals surface area contributed by atoms with Crippen molar-refractivity contribution in [2.45, 2.75) is 6.42 Å². The molecule has 44 valence electrons. The van der Waals surface area contributed by atoms with Gasteiger partial charge in [0.1, 0.15) is 0 Å². The predicted molar refractivity (Wildman–Crippen MR) is 35.6 cm³/mol. The van der Waals surface area contributed by atoms with Crippen LogP contribution in [0.4, 0.5) is 0 Å². The van der Waals surface area contributed by atoms with Crippen LogP contribution in [-0.4, -0.2) is 21.3 Å². The fraction of sp³-hybridized carbons (Fsp3) is 0.600. The van der Waals surface area contributed by atoms with Crippen molar-refractivity contribution in [3.8, 4) is 12.3 Å². The Kier molecular flexibility index (Phi) is 6.17. The van der Waals surface area contributed by atoms with E-state index in [4.69, 9.17) is 11.1 Å². The largest absolute Gasteiger partial charge is 0.427 e. The van der Waals surface area contributed by atoms with Crippen LogP contribution < -0.4 is 5.23 Å². The molecule has 0 amide bonds. The zero-order valence-electron chi connectivity index (χ0n) is 5.11. The van der Waals surface area contributed by atoms with Crippen molar-refractivity contribution in [2.24, 2.45) is 0 Å². The molecule has 0 fully saturated rings. The monoisotopic (exact) mass is 111 g/mol. The first-order valence-electron chi connectivity index (χ1n) is 2.55. The van der Waals surface area contributed by atoms with E-state index in [0.717, 1.165) is 13.0 Å². The second-order valence-corrected chi connectivity index (χ2v) is 1.39. The van der Waals surface area contributed by atoms with Gasteiger partial charge < -0.3 is 9.88 Å². The number of nitrogens with one attached hydrogen (secondary N) is 1. The molecule has 0 saturated carbocycles. The number of hydrogen-bond acceptors (Lipinski definition) is 2. The molecular formula is C5H10BNO. The second kappa shape index (κ2) is 6.54. The average Bonchev–Trinajstić information content (AvgIpc) is 1.81. The molecule has 0 heterocycles. The second-order valence-electron chi connectivity index (χ2n) is 1.39. The van der Waals surface area contributed by atoms with Gasteiger partial charge in [0.15, 0.2) is 0 Å². The summed E-state index contributed by atoms with van der Waals surface area (Å²) < 4.78 is 4.71. The first-order valence-corrected chi connectivity index (χ1v) is 2.55. The smallest absolute Gasteiger partial charge is 0.360 e. The van der Waals surface area contributed by atoms with Gasteiger partial charge in [0.2, 0.25) is 0 Å². The fourth-order valence-corrected chi connectivity index (χ4v) is 0.335. The molecule has 8 heavy (non-hydrogen) atoms. The normalized spacial score (nSPS) is 8.00. The number of rotatable bonds is 4. The minimum atomic E-state index is 0.585. The summed E-state index contributed by atoms with van der Waals surface area (Å²) in [5.41, 5.74) is 0. The van der Waals surface area contributed by atoms with Crippen molar-refractivity contribution in [3.63, 3.8) is 0 Å². The summed E-state index contributed by atoms with van der Waals surface area (Å²) in [6.45, 7) is 0.838. The van der Waals surface area contributed by atoms with Crippen molar-refractivity contribution in [2.75, 3.05) is 13.7 Å². The molecular weight excluding hydrogens is 101 g/mol. The first-order chi connectivity index (χ1) is 3.91. The Morgan fingerprint density at radius 2 is 2.62 bits per heavy atom. The van der Waals surface area contributed by atoms with Gasteiger partial charge in [0.05, 0.1) is 0 Å². The van der Waals surface area contributed by atoms with Crippen LogP contribution in [-0.2, 0) is 4.65 Å². The fourth-order valence-electron chi connectivity index (χ4n) is 0.335. The van der Waals surface area contributed by atoms with E-state index < -0.39 is 0 Å². The third-order valence-electron chi connectivity index (χ3n) is 0.693. The van der Waals surface area contributed by atoms with Crippen LogP contribution >= 0.6 is 0 Å². The highest BCUT2D eigenvalue weighted by atomic mass is 16.4. The van der Waals surface area contributed by atoms with E-state index in [1.807, 2.05) is 0 Å². The Bertz CT molecular complexity index is 79.0. The summed E-state index contributed by atoms with van der Waals surface area (Å²) in [5, 5.41) is 2.97. The molecule has 3 heteroatoms. The van der Waals surface area contributed by atoms with Crippen LogP contribution in [0.3, 0.4) is 0 Å². The van der Waals surface area contributed by atoms with E-state index in [1.54, 1.807) is 7.11 Å². The minimum absolute atomic E-state index is 0.585. The van der Waals surface area contributed by atoms with E-state index in [0.29, 0.717) is 7.62 Å². The zero-order chi connectivity index (χ0) is 6.24. The van der Waals surface area contributed by atoms with Crippen LogP contribution in [0.2, 0.25) is 0 Å². The van der Waals surface area contributed by atoms with E-state index in [1.165, 1.54) is 0 Å². The third-order valence-corrected chi connectivity index (χ3v) is 0.693. The topological polar surface area (TPSA) is 21.3 Å². The standard InChI is InChI=1S/C5H10BNO/c1-3-4-5-7-6-8-2/h1,6-7H,4-5H2,2H3. The molecule has 0 aromatic carbocycles. The van der Waals surface area contributed by atoms with Crippen molar-refractivity contribution in [1.29, 1.82) is 0 Å². The van der Waals surface area contributed by atoms with Gasteiger partial charge in [-0.15, -0.1) is 12.3 Å². The van der Waals surface area contributed by atoms with E-state index in [9.17, 15) is 0 Å². The highest BCUT2D eigenvalue weighted by molar-refractivity contribution is 6.23. The SMILES string of the molecule is C#CCCNBOC. The highest BCUT2D eigenvalue weighted by Gasteiger charge is 1.82. The lowest BCUT2D eigenvalue weighted by Gasteiger charge is -1.94. The highest BCUT2D eigenvalue weighted by Crippen LogP contribution is 1.66. The van der Waals surface area contributed by atoms with E-state index >= 15 is 0 Å². The molecule has 0 aliphatic heterocycles. The Morgan fingerprint density at radius 1 is 1.88 bits per heavy atom. The Balaban J connectivity index is 2.65. The zero-order valence-corrected chi connectivity index (χ0v) is 5.11. The van der Waals surface area contributed by atoms with Gasteiger partial charge in [-0.05, 0) is 6.54 Å². The van der Waals surface area contributed by atoms with Crippen LogP contribution in [0.5, 0.6) is 0 Å². The maximum Gasteiger partial charge on any atom is 0.360 e. The van der Waals surface area contributed by atoms with Crippen molar-refractivity contribution >= 4 is 7.62 Å². The molecule has 0 spiro atoms. The van der Waals surface area contributed by atoms with E-state index in [-0.39, 0.29) is 0 Å². The average molecular weight is 111 g/mol. The number of hydrogen-bond donors (Lipinski definition) is 1. The first kappa shape index (κ1) is 7.54. The van der Waals surface area contributed by atoms with Crippen molar-refractivity contribution in [1.82, 2.24) is 5.23 Å². The molecule has 0 aliphatic carbocycles. The molecule has 0 aromatic rings. The molecule has 0 unspecified atom stereocenters. The summed E-state index contributed by atoms with van der Waals surface area (Å²) in [7, 11) is 2.23. The van der Waals surface area contributed by atoms with E-state index in [2.05, 4.69) is 11.1 Å². The maximum atomic E-state index is 4.98. The van der Waals surface area contributed by atoms with Crippen LogP contribution in [0.15, 0.2) is 0 Å². The van der Waals surface area contributed by atoms with Gasteiger partial charge in [0.25, 0.3) is 0 Å². The van der Waals surface area contributed by atoms with Gasteiger partial charge in [-0.1, -0.05) is 0 Å². The van der Waals surface area contributed by atoms with Crippen molar-refractivity contribution < 1.29 is 4.65 Å². The lowest BCUT2D eigenvalue weighted by molar-refractivity contribution is 0.431. The quantitative estimate of drug-likeness (QED) is 0.300. The molecule has 0 bridgehead atoms. The van der Waals surface area contributed by atoms with Gasteiger partial charge >= 0.3 is 7.62 Å². The summed E-state index contributed by atoms with van der Waals surface area (Å²) in [4.78, 5) is 0. The molecule has 1 N–H and O–H groups in total. The molecule has 0 aromatic heterocycles.